The van der Waals surface area contributed by atoms with Gasteiger partial charge in [0.2, 0.25) is 0 Å². The van der Waals surface area contributed by atoms with Crippen LogP contribution in [0.1, 0.15) is 16.5 Å². The summed E-state index contributed by atoms with van der Waals surface area (Å²) >= 11 is 1.45. The van der Waals surface area contributed by atoms with Crippen LogP contribution in [0.2, 0.25) is 0 Å². The van der Waals surface area contributed by atoms with Crippen molar-refractivity contribution in [2.45, 2.75) is 11.8 Å². The van der Waals surface area contributed by atoms with E-state index < -0.39 is 6.03 Å². The van der Waals surface area contributed by atoms with E-state index in [0.29, 0.717) is 17.7 Å². The Labute approximate surface area is 212 Å². The second-order valence-corrected chi connectivity index (χ2v) is 8.57. The van der Waals surface area contributed by atoms with Crippen molar-refractivity contribution < 1.29 is 19.3 Å². The van der Waals surface area contributed by atoms with Crippen molar-refractivity contribution in [2.24, 2.45) is 0 Å². The molecule has 1 unspecified atom stereocenters. The molecular weight excluding hydrogens is 480 g/mol. The van der Waals surface area contributed by atoms with E-state index in [1.165, 1.54) is 16.7 Å². The maximum absolute atomic E-state index is 12.5. The number of nitrogens with zero attached hydrogens (tertiary/aromatic N) is 3. The van der Waals surface area contributed by atoms with Crippen LogP contribution in [0, 0.1) is 16.3 Å². The summed E-state index contributed by atoms with van der Waals surface area (Å²) in [6.07, 6.45) is 10.0. The van der Waals surface area contributed by atoms with Gasteiger partial charge < -0.3 is 4.74 Å². The van der Waals surface area contributed by atoms with Gasteiger partial charge in [0.05, 0.1) is 24.8 Å². The van der Waals surface area contributed by atoms with Gasteiger partial charge >= 0.3 is 6.03 Å². The molecule has 1 aromatic heterocycles. The summed E-state index contributed by atoms with van der Waals surface area (Å²) in [6.45, 7) is 0.103. The average molecular weight is 504 g/mol. The van der Waals surface area contributed by atoms with Gasteiger partial charge in [0.15, 0.2) is 0 Å². The fraction of sp³-hybridized carbons (Fsp3) is 0.154. The number of aromatic nitrogens is 1. The monoisotopic (exact) mass is 503 g/mol. The first-order chi connectivity index (χ1) is 17.6. The Morgan fingerprint density at radius 1 is 1.19 bits per heavy atom. The second-order valence-electron chi connectivity index (χ2n) is 7.61. The first-order valence-corrected chi connectivity index (χ1v) is 11.9. The van der Waals surface area contributed by atoms with E-state index >= 15 is 0 Å². The summed E-state index contributed by atoms with van der Waals surface area (Å²) in [5, 5.41) is 13.1. The minimum absolute atomic E-state index is 0.0326. The lowest BCUT2D eigenvalue weighted by Gasteiger charge is -2.22. The zero-order valence-corrected chi connectivity index (χ0v) is 20.2. The highest BCUT2D eigenvalue weighted by molar-refractivity contribution is 8.02. The van der Waals surface area contributed by atoms with Crippen LogP contribution >= 0.6 is 11.8 Å². The number of hydroxylamine groups is 1. The topological polar surface area (TPSA) is 107 Å². The maximum Gasteiger partial charge on any atom is 0.347 e. The lowest BCUT2D eigenvalue weighted by molar-refractivity contribution is -0.385. The predicted molar refractivity (Wildman–Crippen MR) is 137 cm³/mol. The summed E-state index contributed by atoms with van der Waals surface area (Å²) in [4.78, 5) is 34.4. The van der Waals surface area contributed by atoms with Crippen LogP contribution in [0.15, 0.2) is 84.6 Å². The van der Waals surface area contributed by atoms with Gasteiger partial charge in [-0.3, -0.25) is 24.8 Å². The molecule has 2 amide bonds. The molecule has 183 valence electrons. The summed E-state index contributed by atoms with van der Waals surface area (Å²) in [5.41, 5.74) is 5.48. The number of carbonyl (C=O) groups is 1. The Balaban J connectivity index is 1.30. The van der Waals surface area contributed by atoms with E-state index in [1.54, 1.807) is 49.2 Å². The zero-order valence-electron chi connectivity index (χ0n) is 19.4. The number of hydrogen-bond donors (Lipinski definition) is 1. The minimum atomic E-state index is -0.449. The van der Waals surface area contributed by atoms with Crippen LogP contribution in [-0.2, 0) is 11.3 Å². The third kappa shape index (κ3) is 6.09. The van der Waals surface area contributed by atoms with Crippen molar-refractivity contribution in [3.05, 3.63) is 112 Å². The number of carbonyl (C=O) groups excluding carboxylic acids is 1. The number of thioether (sulfide) groups is 1. The number of amides is 2. The molecule has 1 atom stereocenters. The Bertz CT molecular complexity index is 1280. The quantitative estimate of drug-likeness (QED) is 0.180. The normalized spacial score (nSPS) is 14.8. The number of rotatable bonds is 9. The SMILES string of the molecule is COc1cccc(-c2ccc(CC=CCONC(=O)N3[C]=CSC3c3ccncc3)c([N+](=O)[O-])c2)c1. The van der Waals surface area contributed by atoms with Gasteiger partial charge in [0.1, 0.15) is 11.1 Å². The molecule has 0 fully saturated rings. The molecule has 10 heteroatoms. The number of urea groups is 1. The average Bonchev–Trinajstić information content (AvgIpc) is 3.41. The molecule has 2 aromatic carbocycles. The molecule has 4 rings (SSSR count). The van der Waals surface area contributed by atoms with E-state index in [-0.39, 0.29) is 22.6 Å². The molecule has 1 aliphatic heterocycles. The molecule has 0 spiro atoms. The molecular formula is C26H23N4O5S. The van der Waals surface area contributed by atoms with E-state index in [1.807, 2.05) is 42.5 Å². The van der Waals surface area contributed by atoms with Crippen molar-refractivity contribution in [1.82, 2.24) is 15.4 Å². The van der Waals surface area contributed by atoms with Gasteiger partial charge in [-0.2, -0.15) is 0 Å². The van der Waals surface area contributed by atoms with Gasteiger partial charge in [0, 0.05) is 24.0 Å². The minimum Gasteiger partial charge on any atom is -0.497 e. The van der Waals surface area contributed by atoms with Crippen LogP contribution in [0.4, 0.5) is 10.5 Å². The molecule has 36 heavy (non-hydrogen) atoms. The van der Waals surface area contributed by atoms with E-state index in [4.69, 9.17) is 9.57 Å². The molecule has 0 saturated heterocycles. The highest BCUT2D eigenvalue weighted by Crippen LogP contribution is 2.38. The highest BCUT2D eigenvalue weighted by Gasteiger charge is 2.28. The number of methoxy groups -OCH3 is 1. The fourth-order valence-electron chi connectivity index (χ4n) is 3.57. The number of hydrogen-bond acceptors (Lipinski definition) is 7. The molecule has 0 bridgehead atoms. The van der Waals surface area contributed by atoms with Gasteiger partial charge in [0.25, 0.3) is 5.69 Å². The zero-order chi connectivity index (χ0) is 25.3. The van der Waals surface area contributed by atoms with Crippen molar-refractivity contribution >= 4 is 23.5 Å². The maximum atomic E-state index is 12.5. The molecule has 1 N–H and O–H groups in total. The smallest absolute Gasteiger partial charge is 0.347 e. The van der Waals surface area contributed by atoms with E-state index in [0.717, 1.165) is 16.7 Å². The summed E-state index contributed by atoms with van der Waals surface area (Å²) < 4.78 is 5.24. The third-order valence-electron chi connectivity index (χ3n) is 5.36. The summed E-state index contributed by atoms with van der Waals surface area (Å²) in [6, 6.07) is 15.7. The van der Waals surface area contributed by atoms with Gasteiger partial charge in [-0.25, -0.2) is 10.3 Å². The largest absolute Gasteiger partial charge is 0.497 e. The van der Waals surface area contributed by atoms with Crippen LogP contribution in [0.5, 0.6) is 5.75 Å². The molecule has 1 aliphatic rings. The summed E-state index contributed by atoms with van der Waals surface area (Å²) in [7, 11) is 1.58. The third-order valence-corrected chi connectivity index (χ3v) is 6.34. The van der Waals surface area contributed by atoms with Crippen LogP contribution in [0.3, 0.4) is 0 Å². The lowest BCUT2D eigenvalue weighted by Crippen LogP contribution is -2.36. The van der Waals surface area contributed by atoms with Gasteiger partial charge in [-0.1, -0.05) is 36.4 Å². The molecule has 2 heterocycles. The Kier molecular flexibility index (Phi) is 8.32. The summed E-state index contributed by atoms with van der Waals surface area (Å²) in [5.74, 6) is 0.680. The van der Waals surface area contributed by atoms with Crippen molar-refractivity contribution in [3.63, 3.8) is 0 Å². The molecule has 9 nitrogen and oxygen atoms in total. The lowest BCUT2D eigenvalue weighted by atomic mass is 10.0. The number of nitrogens with one attached hydrogen (secondary N) is 1. The Morgan fingerprint density at radius 3 is 2.78 bits per heavy atom. The standard InChI is InChI=1S/C26H23N4O5S/c1-34-23-7-4-6-21(17-23)22-9-8-19(24(18-22)30(32)33)5-2-3-15-35-28-26(31)29-14-16-36-25(29)20-10-12-27-13-11-20/h2-4,6-13,16-18,25H,5,15H2,1H3,(H,28,31). The Hall–Kier alpha value is -4.15. The van der Waals surface area contributed by atoms with Crippen LogP contribution < -0.4 is 10.2 Å². The van der Waals surface area contributed by atoms with Gasteiger partial charge in [-0.05, 0) is 52.8 Å². The number of benzene rings is 2. The van der Waals surface area contributed by atoms with Crippen molar-refractivity contribution in [3.8, 4) is 16.9 Å². The highest BCUT2D eigenvalue weighted by atomic mass is 32.2. The molecule has 3 aromatic rings. The number of pyridine rings is 1. The predicted octanol–water partition coefficient (Wildman–Crippen LogP) is 5.43. The van der Waals surface area contributed by atoms with Crippen molar-refractivity contribution in [2.75, 3.05) is 13.7 Å². The Morgan fingerprint density at radius 2 is 2.00 bits per heavy atom. The number of nitro benzene ring substituents is 1. The van der Waals surface area contributed by atoms with E-state index in [2.05, 4.69) is 16.7 Å². The molecule has 1 radical (unpaired) electrons. The first-order valence-electron chi connectivity index (χ1n) is 11.0. The molecule has 0 saturated carbocycles. The fourth-order valence-corrected chi connectivity index (χ4v) is 4.46. The first kappa shape index (κ1) is 25.0. The molecule has 0 aliphatic carbocycles. The van der Waals surface area contributed by atoms with Gasteiger partial charge in [-0.15, -0.1) is 11.8 Å². The van der Waals surface area contributed by atoms with Crippen LogP contribution in [0.25, 0.3) is 11.1 Å². The van der Waals surface area contributed by atoms with Crippen molar-refractivity contribution in [1.29, 1.82) is 0 Å². The second kappa shape index (κ2) is 12.0. The number of ether oxygens (including phenoxy) is 1. The number of nitro groups is 1. The van der Waals surface area contributed by atoms with E-state index in [9.17, 15) is 14.9 Å². The number of allylic oxidation sites excluding steroid dienone is 1. The van der Waals surface area contributed by atoms with Crippen LogP contribution in [-0.4, -0.2) is 34.6 Å².